The Balaban J connectivity index is 2.31. The zero-order chi connectivity index (χ0) is 12.8. The first kappa shape index (κ1) is 12.8. The first-order valence-electron chi connectivity index (χ1n) is 6.02. The molecule has 0 amide bonds. The quantitative estimate of drug-likeness (QED) is 0.794. The van der Waals surface area contributed by atoms with Gasteiger partial charge >= 0.3 is 0 Å². The molecule has 0 aliphatic carbocycles. The molecule has 0 heterocycles. The van der Waals surface area contributed by atoms with Gasteiger partial charge in [0.05, 0.1) is 0 Å². The van der Waals surface area contributed by atoms with Gasteiger partial charge in [0.2, 0.25) is 0 Å². The van der Waals surface area contributed by atoms with Crippen LogP contribution in [-0.2, 0) is 9.47 Å². The molecule has 2 heteroatoms. The Hall–Kier alpha value is -1.64. The van der Waals surface area contributed by atoms with E-state index in [0.29, 0.717) is 0 Å². The fourth-order valence-corrected chi connectivity index (χ4v) is 2.15. The molecule has 0 N–H and O–H groups in total. The Morgan fingerprint density at radius 1 is 0.611 bits per heavy atom. The SMILES string of the molecule is CO[C@H](c1ccccc1)[C@@H](OC)c1ccccc1. The number of hydrogen-bond acceptors (Lipinski definition) is 2. The Morgan fingerprint density at radius 2 is 0.944 bits per heavy atom. The highest BCUT2D eigenvalue weighted by atomic mass is 16.5. The summed E-state index contributed by atoms with van der Waals surface area (Å²) in [4.78, 5) is 0. The number of ether oxygens (including phenoxy) is 2. The zero-order valence-corrected chi connectivity index (χ0v) is 10.7. The van der Waals surface area contributed by atoms with Crippen LogP contribution in [0.5, 0.6) is 0 Å². The van der Waals surface area contributed by atoms with E-state index in [1.165, 1.54) is 0 Å². The lowest BCUT2D eigenvalue weighted by Gasteiger charge is -2.25. The Morgan fingerprint density at radius 3 is 1.22 bits per heavy atom. The molecule has 0 aliphatic heterocycles. The molecule has 0 unspecified atom stereocenters. The maximum Gasteiger partial charge on any atom is 0.112 e. The Kier molecular flexibility index (Phi) is 4.51. The fraction of sp³-hybridized carbons (Fsp3) is 0.250. The molecule has 2 nitrogen and oxygen atoms in total. The summed E-state index contributed by atoms with van der Waals surface area (Å²) in [6.45, 7) is 0. The summed E-state index contributed by atoms with van der Waals surface area (Å²) in [7, 11) is 3.43. The number of benzene rings is 2. The second-order valence-corrected chi connectivity index (χ2v) is 4.13. The third kappa shape index (κ3) is 2.78. The van der Waals surface area contributed by atoms with Crippen molar-refractivity contribution >= 4 is 0 Å². The van der Waals surface area contributed by atoms with Gasteiger partial charge in [0, 0.05) is 14.2 Å². The van der Waals surface area contributed by atoms with Crippen LogP contribution < -0.4 is 0 Å². The summed E-state index contributed by atoms with van der Waals surface area (Å²) >= 11 is 0. The highest BCUT2D eigenvalue weighted by Gasteiger charge is 2.24. The monoisotopic (exact) mass is 242 g/mol. The predicted octanol–water partition coefficient (Wildman–Crippen LogP) is 3.76. The van der Waals surface area contributed by atoms with E-state index < -0.39 is 0 Å². The van der Waals surface area contributed by atoms with Gasteiger partial charge in [-0.1, -0.05) is 60.7 Å². The smallest absolute Gasteiger partial charge is 0.112 e. The van der Waals surface area contributed by atoms with E-state index in [-0.39, 0.29) is 12.2 Å². The van der Waals surface area contributed by atoms with Crippen molar-refractivity contribution < 1.29 is 9.47 Å². The van der Waals surface area contributed by atoms with Gasteiger partial charge < -0.3 is 9.47 Å². The van der Waals surface area contributed by atoms with Crippen molar-refractivity contribution in [1.82, 2.24) is 0 Å². The van der Waals surface area contributed by atoms with Crippen LogP contribution in [0, 0.1) is 0 Å². The van der Waals surface area contributed by atoms with Crippen LogP contribution in [-0.4, -0.2) is 14.2 Å². The molecule has 2 atom stereocenters. The average Bonchev–Trinajstić information content (AvgIpc) is 2.46. The molecule has 0 fully saturated rings. The maximum atomic E-state index is 5.62. The van der Waals surface area contributed by atoms with Crippen molar-refractivity contribution in [3.63, 3.8) is 0 Å². The third-order valence-electron chi connectivity index (χ3n) is 3.04. The van der Waals surface area contributed by atoms with Gasteiger partial charge in [0.1, 0.15) is 12.2 Å². The first-order valence-corrected chi connectivity index (χ1v) is 6.02. The van der Waals surface area contributed by atoms with E-state index in [1.807, 2.05) is 36.4 Å². The van der Waals surface area contributed by atoms with Crippen LogP contribution in [0.4, 0.5) is 0 Å². The molecule has 0 bridgehead atoms. The first-order chi connectivity index (χ1) is 8.86. The molecule has 2 aromatic carbocycles. The summed E-state index contributed by atoms with van der Waals surface area (Å²) in [6.07, 6.45) is -0.197. The third-order valence-corrected chi connectivity index (χ3v) is 3.04. The molecule has 0 radical (unpaired) electrons. The van der Waals surface area contributed by atoms with Crippen LogP contribution in [0.15, 0.2) is 60.7 Å². The lowest BCUT2D eigenvalue weighted by Crippen LogP contribution is -2.15. The largest absolute Gasteiger partial charge is 0.374 e. The lowest BCUT2D eigenvalue weighted by molar-refractivity contribution is -0.0397. The molecule has 0 aromatic heterocycles. The zero-order valence-electron chi connectivity index (χ0n) is 10.7. The Bertz CT molecular complexity index is 408. The highest BCUT2D eigenvalue weighted by Crippen LogP contribution is 2.33. The van der Waals surface area contributed by atoms with Gasteiger partial charge in [0.15, 0.2) is 0 Å². The standard InChI is InChI=1S/C16H18O2/c1-17-15(13-9-5-3-6-10-13)16(18-2)14-11-7-4-8-12-14/h3-12,15-16H,1-2H3/t15-,16+. The van der Waals surface area contributed by atoms with E-state index in [2.05, 4.69) is 24.3 Å². The van der Waals surface area contributed by atoms with E-state index in [0.717, 1.165) is 11.1 Å². The van der Waals surface area contributed by atoms with Crippen molar-refractivity contribution in [2.75, 3.05) is 14.2 Å². The van der Waals surface area contributed by atoms with Gasteiger partial charge in [-0.25, -0.2) is 0 Å². The van der Waals surface area contributed by atoms with Crippen LogP contribution in [0.3, 0.4) is 0 Å². The van der Waals surface area contributed by atoms with Crippen molar-refractivity contribution in [3.05, 3.63) is 71.8 Å². The summed E-state index contributed by atoms with van der Waals surface area (Å²) < 4.78 is 11.2. The van der Waals surface area contributed by atoms with Crippen molar-refractivity contribution in [1.29, 1.82) is 0 Å². The number of hydrogen-bond donors (Lipinski definition) is 0. The predicted molar refractivity (Wildman–Crippen MR) is 72.4 cm³/mol. The summed E-state index contributed by atoms with van der Waals surface area (Å²) in [5.41, 5.74) is 2.24. The second kappa shape index (κ2) is 6.34. The van der Waals surface area contributed by atoms with Crippen LogP contribution in [0.2, 0.25) is 0 Å². The molecular formula is C16H18O2. The van der Waals surface area contributed by atoms with E-state index in [9.17, 15) is 0 Å². The summed E-state index contributed by atoms with van der Waals surface area (Å²) in [6, 6.07) is 20.3. The highest BCUT2D eigenvalue weighted by molar-refractivity contribution is 5.25. The van der Waals surface area contributed by atoms with Crippen molar-refractivity contribution in [3.8, 4) is 0 Å². The number of methoxy groups -OCH3 is 2. The average molecular weight is 242 g/mol. The molecule has 2 rings (SSSR count). The topological polar surface area (TPSA) is 18.5 Å². The Labute approximate surface area is 108 Å². The molecule has 0 saturated heterocycles. The number of rotatable bonds is 5. The summed E-state index contributed by atoms with van der Waals surface area (Å²) in [5.74, 6) is 0. The van der Waals surface area contributed by atoms with Gasteiger partial charge in [-0.3, -0.25) is 0 Å². The van der Waals surface area contributed by atoms with Crippen molar-refractivity contribution in [2.24, 2.45) is 0 Å². The molecule has 18 heavy (non-hydrogen) atoms. The van der Waals surface area contributed by atoms with E-state index in [4.69, 9.17) is 9.47 Å². The molecular weight excluding hydrogens is 224 g/mol. The minimum Gasteiger partial charge on any atom is -0.374 e. The lowest BCUT2D eigenvalue weighted by atomic mass is 9.98. The van der Waals surface area contributed by atoms with Crippen molar-refractivity contribution in [2.45, 2.75) is 12.2 Å². The molecule has 94 valence electrons. The normalized spacial score (nSPS) is 14.1. The molecule has 2 aromatic rings. The van der Waals surface area contributed by atoms with Crippen LogP contribution >= 0.6 is 0 Å². The van der Waals surface area contributed by atoms with Crippen LogP contribution in [0.1, 0.15) is 23.3 Å². The summed E-state index contributed by atoms with van der Waals surface area (Å²) in [5, 5.41) is 0. The molecule has 0 aliphatic rings. The van der Waals surface area contributed by atoms with Gasteiger partial charge in [0.25, 0.3) is 0 Å². The minimum atomic E-state index is -0.0985. The van der Waals surface area contributed by atoms with Gasteiger partial charge in [-0.15, -0.1) is 0 Å². The van der Waals surface area contributed by atoms with Gasteiger partial charge in [-0.05, 0) is 11.1 Å². The van der Waals surface area contributed by atoms with Crippen LogP contribution in [0.25, 0.3) is 0 Å². The second-order valence-electron chi connectivity index (χ2n) is 4.13. The van der Waals surface area contributed by atoms with Gasteiger partial charge in [-0.2, -0.15) is 0 Å². The maximum absolute atomic E-state index is 5.62. The fourth-order valence-electron chi connectivity index (χ4n) is 2.15. The van der Waals surface area contributed by atoms with E-state index in [1.54, 1.807) is 14.2 Å². The minimum absolute atomic E-state index is 0.0985. The molecule has 0 saturated carbocycles. The van der Waals surface area contributed by atoms with E-state index >= 15 is 0 Å². The molecule has 0 spiro atoms.